The van der Waals surface area contributed by atoms with Crippen molar-refractivity contribution in [3.63, 3.8) is 0 Å². The number of amides is 3. The minimum Gasteiger partial charge on any atom is -0.481 e. The summed E-state index contributed by atoms with van der Waals surface area (Å²) in [5.41, 5.74) is 5.48. The first kappa shape index (κ1) is 27.3. The summed E-state index contributed by atoms with van der Waals surface area (Å²) in [7, 11) is 0. The Hall–Kier alpha value is -2.73. The van der Waals surface area contributed by atoms with Crippen LogP contribution in [0.15, 0.2) is 0 Å². The highest BCUT2D eigenvalue weighted by molar-refractivity contribution is 5.94. The molecule has 0 aliphatic heterocycles. The first-order chi connectivity index (χ1) is 13.8. The summed E-state index contributed by atoms with van der Waals surface area (Å²) >= 11 is 0. The van der Waals surface area contributed by atoms with E-state index in [0.717, 1.165) is 0 Å². The van der Waals surface area contributed by atoms with Gasteiger partial charge in [-0.1, -0.05) is 27.7 Å². The quantitative estimate of drug-likeness (QED) is 0.172. The van der Waals surface area contributed by atoms with E-state index in [9.17, 15) is 34.2 Å². The van der Waals surface area contributed by atoms with Crippen molar-refractivity contribution in [1.29, 1.82) is 0 Å². The molecule has 0 aromatic carbocycles. The Bertz CT molecular complexity index is 638. The highest BCUT2D eigenvalue weighted by Gasteiger charge is 2.31. The molecule has 0 saturated carbocycles. The normalized spacial score (nSPS) is 15.1. The second kappa shape index (κ2) is 12.8. The van der Waals surface area contributed by atoms with Gasteiger partial charge in [-0.15, -0.1) is 0 Å². The average Bonchev–Trinajstić information content (AvgIpc) is 2.61. The van der Waals surface area contributed by atoms with Crippen molar-refractivity contribution in [2.45, 2.75) is 64.7 Å². The van der Waals surface area contributed by atoms with Gasteiger partial charge in [0.05, 0.1) is 19.1 Å². The number of nitrogens with two attached hydrogens (primary N) is 1. The topological polar surface area (TPSA) is 208 Å². The molecule has 0 rings (SSSR count). The summed E-state index contributed by atoms with van der Waals surface area (Å²) in [6.45, 7) is 5.95. The largest absolute Gasteiger partial charge is 0.481 e. The lowest BCUT2D eigenvalue weighted by molar-refractivity contribution is -0.143. The molecule has 30 heavy (non-hydrogen) atoms. The summed E-state index contributed by atoms with van der Waals surface area (Å²) in [5.74, 6) is -5.58. The van der Waals surface area contributed by atoms with Crippen molar-refractivity contribution in [2.75, 3.05) is 6.61 Å². The molecular weight excluding hydrogens is 400 g/mol. The lowest BCUT2D eigenvalue weighted by atomic mass is 10.0. The predicted molar refractivity (Wildman–Crippen MR) is 105 cm³/mol. The first-order valence-corrected chi connectivity index (χ1v) is 9.52. The van der Waals surface area contributed by atoms with Gasteiger partial charge < -0.3 is 37.0 Å². The molecule has 12 nitrogen and oxygen atoms in total. The van der Waals surface area contributed by atoms with Crippen LogP contribution in [0.1, 0.15) is 40.5 Å². The van der Waals surface area contributed by atoms with Crippen LogP contribution in [0.5, 0.6) is 0 Å². The van der Waals surface area contributed by atoms with Crippen LogP contribution >= 0.6 is 0 Å². The van der Waals surface area contributed by atoms with E-state index in [2.05, 4.69) is 16.0 Å². The number of carbonyl (C=O) groups is 5. The molecule has 4 atom stereocenters. The minimum absolute atomic E-state index is 0.0240. The lowest BCUT2D eigenvalue weighted by Crippen LogP contribution is -2.59. The standard InChI is InChI=1S/C18H32N4O8/c1-8(2)5-11(18(29)30)20-16(27)12(7-23)21-17(28)14(9(3)4)22-15(26)10(19)6-13(24)25/h8-12,14,23H,5-7,19H2,1-4H3,(H,20,27)(H,21,28)(H,22,26)(H,24,25)(H,29,30). The fourth-order valence-electron chi connectivity index (χ4n) is 2.50. The van der Waals surface area contributed by atoms with E-state index >= 15 is 0 Å². The number of carboxylic acid groups (broad SMARTS) is 2. The van der Waals surface area contributed by atoms with Crippen molar-refractivity contribution in [3.05, 3.63) is 0 Å². The number of hydrogen-bond acceptors (Lipinski definition) is 7. The second-order valence-corrected chi connectivity index (χ2v) is 7.71. The Morgan fingerprint density at radius 3 is 1.77 bits per heavy atom. The van der Waals surface area contributed by atoms with Crippen LogP contribution < -0.4 is 21.7 Å². The molecule has 0 bridgehead atoms. The smallest absolute Gasteiger partial charge is 0.326 e. The molecule has 0 aromatic heterocycles. The van der Waals surface area contributed by atoms with Gasteiger partial charge in [0, 0.05) is 0 Å². The van der Waals surface area contributed by atoms with Gasteiger partial charge in [0.2, 0.25) is 17.7 Å². The third-order valence-corrected chi connectivity index (χ3v) is 4.12. The molecule has 172 valence electrons. The van der Waals surface area contributed by atoms with Crippen molar-refractivity contribution in [3.8, 4) is 0 Å². The van der Waals surface area contributed by atoms with Gasteiger partial charge in [0.1, 0.15) is 18.1 Å². The zero-order valence-corrected chi connectivity index (χ0v) is 17.5. The summed E-state index contributed by atoms with van der Waals surface area (Å²) < 4.78 is 0. The van der Waals surface area contributed by atoms with Gasteiger partial charge in [-0.05, 0) is 18.3 Å². The van der Waals surface area contributed by atoms with Crippen LogP contribution in [0.2, 0.25) is 0 Å². The fraction of sp³-hybridized carbons (Fsp3) is 0.722. The molecule has 0 aromatic rings. The van der Waals surface area contributed by atoms with Crippen LogP contribution in [-0.4, -0.2) is 75.8 Å². The third-order valence-electron chi connectivity index (χ3n) is 4.12. The van der Waals surface area contributed by atoms with Gasteiger partial charge in [0.15, 0.2) is 0 Å². The van der Waals surface area contributed by atoms with Crippen LogP contribution in [0.3, 0.4) is 0 Å². The molecule has 0 radical (unpaired) electrons. The third kappa shape index (κ3) is 9.65. The molecule has 4 unspecified atom stereocenters. The summed E-state index contributed by atoms with van der Waals surface area (Å²) in [6.07, 6.45) is -0.480. The van der Waals surface area contributed by atoms with E-state index in [0.29, 0.717) is 0 Å². The summed E-state index contributed by atoms with van der Waals surface area (Å²) in [6, 6.07) is -5.18. The van der Waals surface area contributed by atoms with Gasteiger partial charge in [-0.3, -0.25) is 19.2 Å². The van der Waals surface area contributed by atoms with Crippen LogP contribution in [0.4, 0.5) is 0 Å². The number of hydrogen-bond donors (Lipinski definition) is 7. The fourth-order valence-corrected chi connectivity index (χ4v) is 2.50. The lowest BCUT2D eigenvalue weighted by Gasteiger charge is -2.26. The first-order valence-electron chi connectivity index (χ1n) is 9.52. The van der Waals surface area contributed by atoms with E-state index < -0.39 is 72.8 Å². The maximum absolute atomic E-state index is 12.5. The number of aliphatic hydroxyl groups excluding tert-OH is 1. The Labute approximate surface area is 174 Å². The molecule has 0 aliphatic carbocycles. The van der Waals surface area contributed by atoms with E-state index in [1.807, 2.05) is 0 Å². The molecule has 0 heterocycles. The number of nitrogens with one attached hydrogen (secondary N) is 3. The van der Waals surface area contributed by atoms with Crippen LogP contribution in [-0.2, 0) is 24.0 Å². The molecular formula is C18H32N4O8. The Morgan fingerprint density at radius 2 is 1.37 bits per heavy atom. The molecule has 0 spiro atoms. The van der Waals surface area contributed by atoms with Crippen molar-refractivity contribution < 1.29 is 39.3 Å². The van der Waals surface area contributed by atoms with Crippen molar-refractivity contribution >= 4 is 29.7 Å². The van der Waals surface area contributed by atoms with Gasteiger partial charge >= 0.3 is 11.9 Å². The van der Waals surface area contributed by atoms with E-state index in [-0.39, 0.29) is 12.3 Å². The van der Waals surface area contributed by atoms with Gasteiger partial charge in [-0.25, -0.2) is 4.79 Å². The Balaban J connectivity index is 5.17. The van der Waals surface area contributed by atoms with Crippen molar-refractivity contribution in [1.82, 2.24) is 16.0 Å². The molecule has 8 N–H and O–H groups in total. The Morgan fingerprint density at radius 1 is 0.833 bits per heavy atom. The maximum Gasteiger partial charge on any atom is 0.326 e. The number of carboxylic acids is 2. The number of carbonyl (C=O) groups excluding carboxylic acids is 3. The van der Waals surface area contributed by atoms with E-state index in [1.54, 1.807) is 27.7 Å². The molecule has 12 heteroatoms. The second-order valence-electron chi connectivity index (χ2n) is 7.71. The average molecular weight is 432 g/mol. The summed E-state index contributed by atoms with van der Waals surface area (Å²) in [4.78, 5) is 58.9. The molecule has 3 amide bonds. The molecule has 0 saturated heterocycles. The van der Waals surface area contributed by atoms with Crippen molar-refractivity contribution in [2.24, 2.45) is 17.6 Å². The number of aliphatic carboxylic acids is 2. The highest BCUT2D eigenvalue weighted by atomic mass is 16.4. The van der Waals surface area contributed by atoms with Crippen LogP contribution in [0, 0.1) is 11.8 Å². The maximum atomic E-state index is 12.5. The number of rotatable bonds is 13. The summed E-state index contributed by atoms with van der Waals surface area (Å²) in [5, 5.41) is 34.3. The van der Waals surface area contributed by atoms with E-state index in [4.69, 9.17) is 10.8 Å². The van der Waals surface area contributed by atoms with E-state index in [1.165, 1.54) is 0 Å². The SMILES string of the molecule is CC(C)CC(NC(=O)C(CO)NC(=O)C(NC(=O)C(N)CC(=O)O)C(C)C)C(=O)O. The molecule has 0 aliphatic rings. The number of aliphatic hydroxyl groups is 1. The monoisotopic (exact) mass is 432 g/mol. The zero-order chi connectivity index (χ0) is 23.6. The molecule has 0 fully saturated rings. The van der Waals surface area contributed by atoms with Gasteiger partial charge in [0.25, 0.3) is 0 Å². The van der Waals surface area contributed by atoms with Gasteiger partial charge in [-0.2, -0.15) is 0 Å². The highest BCUT2D eigenvalue weighted by Crippen LogP contribution is 2.06. The zero-order valence-electron chi connectivity index (χ0n) is 17.5. The Kier molecular flexibility index (Phi) is 11.6. The minimum atomic E-state index is -1.45. The van der Waals surface area contributed by atoms with Crippen LogP contribution in [0.25, 0.3) is 0 Å². The predicted octanol–water partition coefficient (Wildman–Crippen LogP) is -1.98.